The second-order valence-electron chi connectivity index (χ2n) is 2.62. The Hall–Kier alpha value is -1.38. The Bertz CT molecular complexity index is 284. The summed E-state index contributed by atoms with van der Waals surface area (Å²) in [7, 11) is 0. The molecule has 0 unspecified atom stereocenters. The third kappa shape index (κ3) is 1.61. The van der Waals surface area contributed by atoms with Crippen molar-refractivity contribution in [3.63, 3.8) is 0 Å². The molecule has 0 amide bonds. The zero-order valence-electron chi connectivity index (χ0n) is 7.09. The Balaban J connectivity index is 3.08. The van der Waals surface area contributed by atoms with E-state index in [0.29, 0.717) is 11.1 Å². The van der Waals surface area contributed by atoms with Crippen molar-refractivity contribution < 1.29 is 14.3 Å². The number of rotatable bonds is 2. The molecule has 0 aliphatic carbocycles. The lowest BCUT2D eigenvalue weighted by molar-refractivity contribution is -0.116. The molecule has 3 nitrogen and oxygen atoms in total. The van der Waals surface area contributed by atoms with Crippen LogP contribution in [0.2, 0.25) is 0 Å². The molecule has 1 aliphatic rings. The van der Waals surface area contributed by atoms with E-state index in [0.717, 1.165) is 0 Å². The van der Waals surface area contributed by atoms with E-state index in [1.54, 1.807) is 0 Å². The Morgan fingerprint density at radius 3 is 2.42 bits per heavy atom. The molecule has 0 radical (unpaired) electrons. The molecule has 0 atom stereocenters. The molecule has 12 heavy (non-hydrogen) atoms. The molecule has 0 aromatic carbocycles. The van der Waals surface area contributed by atoms with Crippen molar-refractivity contribution >= 4 is 11.6 Å². The first-order valence-electron chi connectivity index (χ1n) is 3.66. The van der Waals surface area contributed by atoms with Gasteiger partial charge in [0.05, 0.1) is 6.26 Å². The van der Waals surface area contributed by atoms with Crippen LogP contribution < -0.4 is 0 Å². The highest BCUT2D eigenvalue weighted by molar-refractivity contribution is 6.06. The van der Waals surface area contributed by atoms with Crippen molar-refractivity contribution in [1.29, 1.82) is 0 Å². The van der Waals surface area contributed by atoms with Crippen molar-refractivity contribution in [2.45, 2.75) is 13.8 Å². The number of allylic oxidation sites excluding steroid dienone is 2. The molecule has 0 spiro atoms. The van der Waals surface area contributed by atoms with E-state index in [-0.39, 0.29) is 18.2 Å². The molecule has 64 valence electrons. The largest absolute Gasteiger partial charge is 0.496 e. The average Bonchev–Trinajstić information content (AvgIpc) is 2.04. The second kappa shape index (κ2) is 3.34. The summed E-state index contributed by atoms with van der Waals surface area (Å²) in [5.41, 5.74) is 0.929. The van der Waals surface area contributed by atoms with Crippen LogP contribution in [0.3, 0.4) is 0 Å². The maximum Gasteiger partial charge on any atom is 0.160 e. The van der Waals surface area contributed by atoms with Gasteiger partial charge in [0.15, 0.2) is 11.6 Å². The third-order valence-corrected chi connectivity index (χ3v) is 1.69. The van der Waals surface area contributed by atoms with Gasteiger partial charge in [-0.2, -0.15) is 0 Å². The van der Waals surface area contributed by atoms with Gasteiger partial charge in [0, 0.05) is 11.1 Å². The maximum absolute atomic E-state index is 11.0. The van der Waals surface area contributed by atoms with Gasteiger partial charge in [0.1, 0.15) is 6.61 Å². The molecule has 1 aliphatic heterocycles. The monoisotopic (exact) mass is 166 g/mol. The predicted octanol–water partition coefficient (Wildman–Crippen LogP) is 1.00. The molecule has 0 saturated heterocycles. The SMILES string of the molecule is CC(=O)C1=C(C(C)=O)COC=C1. The zero-order chi connectivity index (χ0) is 9.14. The minimum Gasteiger partial charge on any atom is -0.496 e. The summed E-state index contributed by atoms with van der Waals surface area (Å²) >= 11 is 0. The van der Waals surface area contributed by atoms with Crippen molar-refractivity contribution in [2.24, 2.45) is 0 Å². The highest BCUT2D eigenvalue weighted by Crippen LogP contribution is 2.14. The molecule has 0 N–H and O–H groups in total. The highest BCUT2D eigenvalue weighted by atomic mass is 16.5. The molecular formula is C9H10O3. The number of hydrogen-bond acceptors (Lipinski definition) is 3. The van der Waals surface area contributed by atoms with Crippen LogP contribution in [0.25, 0.3) is 0 Å². The Kier molecular flexibility index (Phi) is 2.43. The van der Waals surface area contributed by atoms with Crippen LogP contribution in [0, 0.1) is 0 Å². The van der Waals surface area contributed by atoms with Gasteiger partial charge in [-0.15, -0.1) is 0 Å². The molecule has 0 aromatic heterocycles. The minimum absolute atomic E-state index is 0.0975. The Morgan fingerprint density at radius 1 is 1.33 bits per heavy atom. The zero-order valence-corrected chi connectivity index (χ0v) is 7.09. The first-order valence-corrected chi connectivity index (χ1v) is 3.66. The van der Waals surface area contributed by atoms with Crippen molar-refractivity contribution in [1.82, 2.24) is 0 Å². The van der Waals surface area contributed by atoms with Gasteiger partial charge in [0.2, 0.25) is 0 Å². The standard InChI is InChI=1S/C9H10O3/c1-6(10)8-3-4-12-5-9(8)7(2)11/h3-4H,5H2,1-2H3. The van der Waals surface area contributed by atoms with Crippen LogP contribution in [0.5, 0.6) is 0 Å². The van der Waals surface area contributed by atoms with E-state index in [1.807, 2.05) is 0 Å². The number of carbonyl (C=O) groups is 2. The number of ketones is 2. The van der Waals surface area contributed by atoms with Gasteiger partial charge < -0.3 is 4.74 Å². The summed E-state index contributed by atoms with van der Waals surface area (Å²) in [6.45, 7) is 3.08. The van der Waals surface area contributed by atoms with Crippen molar-refractivity contribution in [3.8, 4) is 0 Å². The third-order valence-electron chi connectivity index (χ3n) is 1.69. The van der Waals surface area contributed by atoms with Crippen molar-refractivity contribution in [2.75, 3.05) is 6.61 Å². The molecule has 1 heterocycles. The van der Waals surface area contributed by atoms with Gasteiger partial charge in [0.25, 0.3) is 0 Å². The molecule has 0 fully saturated rings. The van der Waals surface area contributed by atoms with E-state index < -0.39 is 0 Å². The molecule has 3 heteroatoms. The fraction of sp³-hybridized carbons (Fsp3) is 0.333. The molecule has 0 saturated carbocycles. The van der Waals surface area contributed by atoms with Gasteiger partial charge in [-0.05, 0) is 19.9 Å². The summed E-state index contributed by atoms with van der Waals surface area (Å²) in [6, 6.07) is 0. The maximum atomic E-state index is 11.0. The number of carbonyl (C=O) groups excluding carboxylic acids is 2. The van der Waals surface area contributed by atoms with E-state index in [9.17, 15) is 9.59 Å². The lowest BCUT2D eigenvalue weighted by atomic mass is 10.0. The summed E-state index contributed by atoms with van der Waals surface area (Å²) < 4.78 is 4.91. The lowest BCUT2D eigenvalue weighted by Crippen LogP contribution is -2.13. The van der Waals surface area contributed by atoms with Gasteiger partial charge in [-0.1, -0.05) is 0 Å². The minimum atomic E-state index is -0.107. The smallest absolute Gasteiger partial charge is 0.160 e. The van der Waals surface area contributed by atoms with Crippen molar-refractivity contribution in [3.05, 3.63) is 23.5 Å². The second-order valence-corrected chi connectivity index (χ2v) is 2.62. The number of Topliss-reactive ketones (excluding diaryl/α,β-unsaturated/α-hetero) is 2. The van der Waals surface area contributed by atoms with Crippen LogP contribution in [0.4, 0.5) is 0 Å². The van der Waals surface area contributed by atoms with E-state index >= 15 is 0 Å². The molecule has 1 rings (SSSR count). The molecular weight excluding hydrogens is 156 g/mol. The van der Waals surface area contributed by atoms with Crippen LogP contribution >= 0.6 is 0 Å². The molecule has 0 aromatic rings. The van der Waals surface area contributed by atoms with Crippen LogP contribution in [-0.4, -0.2) is 18.2 Å². The first kappa shape index (κ1) is 8.71. The Morgan fingerprint density at radius 2 is 2.00 bits per heavy atom. The summed E-state index contributed by atoms with van der Waals surface area (Å²) in [5.74, 6) is -0.204. The van der Waals surface area contributed by atoms with Crippen LogP contribution in [0.15, 0.2) is 23.5 Å². The summed E-state index contributed by atoms with van der Waals surface area (Å²) in [5, 5.41) is 0. The van der Waals surface area contributed by atoms with Crippen LogP contribution in [-0.2, 0) is 14.3 Å². The van der Waals surface area contributed by atoms with E-state index in [2.05, 4.69) is 0 Å². The van der Waals surface area contributed by atoms with Gasteiger partial charge >= 0.3 is 0 Å². The van der Waals surface area contributed by atoms with E-state index in [4.69, 9.17) is 4.74 Å². The Labute approximate surface area is 70.7 Å². The average molecular weight is 166 g/mol. The number of hydrogen-bond donors (Lipinski definition) is 0. The predicted molar refractivity (Wildman–Crippen MR) is 43.5 cm³/mol. The quantitative estimate of drug-likeness (QED) is 0.614. The first-order chi connectivity index (χ1) is 5.63. The lowest BCUT2D eigenvalue weighted by Gasteiger charge is -2.11. The van der Waals surface area contributed by atoms with Crippen LogP contribution in [0.1, 0.15) is 13.8 Å². The fourth-order valence-electron chi connectivity index (χ4n) is 1.05. The summed E-state index contributed by atoms with van der Waals surface area (Å²) in [4.78, 5) is 22.0. The highest BCUT2D eigenvalue weighted by Gasteiger charge is 2.16. The number of ether oxygens (including phenoxy) is 1. The van der Waals surface area contributed by atoms with Gasteiger partial charge in [-0.25, -0.2) is 0 Å². The fourth-order valence-corrected chi connectivity index (χ4v) is 1.05. The van der Waals surface area contributed by atoms with Gasteiger partial charge in [-0.3, -0.25) is 9.59 Å². The summed E-state index contributed by atoms with van der Waals surface area (Å²) in [6.07, 6.45) is 2.96. The van der Waals surface area contributed by atoms with E-state index in [1.165, 1.54) is 26.2 Å². The topological polar surface area (TPSA) is 43.4 Å². The molecule has 0 bridgehead atoms. The normalized spacial score (nSPS) is 15.8.